The van der Waals surface area contributed by atoms with Crippen LogP contribution in [0.2, 0.25) is 0 Å². The lowest BCUT2D eigenvalue weighted by molar-refractivity contribution is 0.604. The fourth-order valence-electron chi connectivity index (χ4n) is 2.18. The van der Waals surface area contributed by atoms with E-state index in [0.717, 1.165) is 25.2 Å². The smallest absolute Gasteiger partial charge is 0.141 e. The van der Waals surface area contributed by atoms with Crippen LogP contribution in [0.5, 0.6) is 0 Å². The number of alkyl halides is 1. The highest BCUT2D eigenvalue weighted by molar-refractivity contribution is 6.18. The van der Waals surface area contributed by atoms with Gasteiger partial charge in [-0.15, -0.1) is 11.6 Å². The van der Waals surface area contributed by atoms with Crippen LogP contribution in [0, 0.1) is 5.82 Å². The SMILES string of the molecule is Fc1ccc(N2CCCCCC2CCl)nc1. The van der Waals surface area contributed by atoms with E-state index in [1.807, 2.05) is 0 Å². The maximum Gasteiger partial charge on any atom is 0.141 e. The molecule has 1 aliphatic rings. The van der Waals surface area contributed by atoms with Crippen molar-refractivity contribution in [1.29, 1.82) is 0 Å². The fourth-order valence-corrected chi connectivity index (χ4v) is 2.50. The Bertz CT molecular complexity index is 328. The summed E-state index contributed by atoms with van der Waals surface area (Å²) >= 11 is 5.99. The second-order valence-corrected chi connectivity index (χ2v) is 4.49. The van der Waals surface area contributed by atoms with Gasteiger partial charge in [-0.05, 0) is 25.0 Å². The van der Waals surface area contributed by atoms with E-state index in [2.05, 4.69) is 9.88 Å². The van der Waals surface area contributed by atoms with Gasteiger partial charge in [0.05, 0.1) is 6.20 Å². The minimum atomic E-state index is -0.291. The summed E-state index contributed by atoms with van der Waals surface area (Å²) in [6, 6.07) is 3.53. The number of nitrogens with zero attached hydrogens (tertiary/aromatic N) is 2. The molecule has 0 radical (unpaired) electrons. The van der Waals surface area contributed by atoms with Gasteiger partial charge in [0.15, 0.2) is 0 Å². The van der Waals surface area contributed by atoms with E-state index < -0.39 is 0 Å². The van der Waals surface area contributed by atoms with Crippen LogP contribution in [0.3, 0.4) is 0 Å². The van der Waals surface area contributed by atoms with Crippen LogP contribution in [0.1, 0.15) is 25.7 Å². The van der Waals surface area contributed by atoms with Crippen LogP contribution in [-0.4, -0.2) is 23.5 Å². The second-order valence-electron chi connectivity index (χ2n) is 4.19. The van der Waals surface area contributed by atoms with Crippen LogP contribution in [0.25, 0.3) is 0 Å². The Kier molecular flexibility index (Phi) is 3.99. The molecule has 2 nitrogen and oxygen atoms in total. The van der Waals surface area contributed by atoms with E-state index in [-0.39, 0.29) is 5.82 Å². The molecule has 16 heavy (non-hydrogen) atoms. The monoisotopic (exact) mass is 242 g/mol. The van der Waals surface area contributed by atoms with Crippen LogP contribution < -0.4 is 4.90 Å². The van der Waals surface area contributed by atoms with Gasteiger partial charge in [-0.3, -0.25) is 0 Å². The molecule has 1 saturated heterocycles. The first-order valence-electron chi connectivity index (χ1n) is 5.75. The number of hydrogen-bond donors (Lipinski definition) is 0. The molecule has 0 bridgehead atoms. The van der Waals surface area contributed by atoms with E-state index >= 15 is 0 Å². The zero-order valence-corrected chi connectivity index (χ0v) is 9.96. The average molecular weight is 243 g/mol. The Morgan fingerprint density at radius 1 is 1.38 bits per heavy atom. The maximum atomic E-state index is 12.8. The number of anilines is 1. The highest BCUT2D eigenvalue weighted by Gasteiger charge is 2.21. The first-order chi connectivity index (χ1) is 7.81. The lowest BCUT2D eigenvalue weighted by Gasteiger charge is -2.29. The lowest BCUT2D eigenvalue weighted by atomic mass is 10.1. The molecule has 1 atom stereocenters. The number of aromatic nitrogens is 1. The van der Waals surface area contributed by atoms with Gasteiger partial charge in [-0.25, -0.2) is 9.37 Å². The van der Waals surface area contributed by atoms with Crippen molar-refractivity contribution in [2.24, 2.45) is 0 Å². The summed E-state index contributed by atoms with van der Waals surface area (Å²) in [4.78, 5) is 6.34. The zero-order valence-electron chi connectivity index (χ0n) is 9.20. The molecule has 88 valence electrons. The van der Waals surface area contributed by atoms with Gasteiger partial charge in [0.25, 0.3) is 0 Å². The molecule has 0 aromatic carbocycles. The van der Waals surface area contributed by atoms with Gasteiger partial charge in [-0.2, -0.15) is 0 Å². The summed E-state index contributed by atoms with van der Waals surface area (Å²) in [6.07, 6.45) is 5.99. The molecule has 0 aliphatic carbocycles. The van der Waals surface area contributed by atoms with Gasteiger partial charge >= 0.3 is 0 Å². The molecule has 0 spiro atoms. The van der Waals surface area contributed by atoms with E-state index in [0.29, 0.717) is 11.9 Å². The standard InChI is InChI=1S/C12H16ClFN2/c13-8-11-4-2-1-3-7-16(11)12-6-5-10(14)9-15-12/h5-6,9,11H,1-4,7-8H2. The van der Waals surface area contributed by atoms with E-state index in [4.69, 9.17) is 11.6 Å². The van der Waals surface area contributed by atoms with E-state index in [9.17, 15) is 4.39 Å². The van der Waals surface area contributed by atoms with Gasteiger partial charge in [0.1, 0.15) is 11.6 Å². The van der Waals surface area contributed by atoms with Crippen molar-refractivity contribution in [2.75, 3.05) is 17.3 Å². The topological polar surface area (TPSA) is 16.1 Å². The third-order valence-electron chi connectivity index (χ3n) is 3.06. The van der Waals surface area contributed by atoms with Crippen molar-refractivity contribution in [2.45, 2.75) is 31.7 Å². The first kappa shape index (κ1) is 11.6. The maximum absolute atomic E-state index is 12.8. The molecule has 2 heterocycles. The summed E-state index contributed by atoms with van der Waals surface area (Å²) < 4.78 is 12.8. The predicted molar refractivity (Wildman–Crippen MR) is 64.5 cm³/mol. The highest BCUT2D eigenvalue weighted by atomic mass is 35.5. The summed E-state index contributed by atoms with van der Waals surface area (Å²) in [6.45, 7) is 0.968. The van der Waals surface area contributed by atoms with Crippen molar-refractivity contribution in [1.82, 2.24) is 4.98 Å². The van der Waals surface area contributed by atoms with Gasteiger partial charge in [0.2, 0.25) is 0 Å². The Balaban J connectivity index is 2.18. The van der Waals surface area contributed by atoms with E-state index in [1.54, 1.807) is 6.07 Å². The highest BCUT2D eigenvalue weighted by Crippen LogP contribution is 2.23. The molecule has 0 saturated carbocycles. The summed E-state index contributed by atoms with van der Waals surface area (Å²) in [5.74, 6) is 1.16. The van der Waals surface area contributed by atoms with Crippen LogP contribution in [-0.2, 0) is 0 Å². The fraction of sp³-hybridized carbons (Fsp3) is 0.583. The molecular weight excluding hydrogens is 227 g/mol. The molecule has 2 rings (SSSR count). The number of pyridine rings is 1. The van der Waals surface area contributed by atoms with Crippen LogP contribution in [0.4, 0.5) is 10.2 Å². The second kappa shape index (κ2) is 5.48. The number of rotatable bonds is 2. The van der Waals surface area contributed by atoms with Crippen molar-refractivity contribution in [3.63, 3.8) is 0 Å². The molecule has 1 aromatic heterocycles. The Hall–Kier alpha value is -0.830. The van der Waals surface area contributed by atoms with Crippen molar-refractivity contribution < 1.29 is 4.39 Å². The molecule has 0 N–H and O–H groups in total. The number of halogens is 2. The van der Waals surface area contributed by atoms with Gasteiger partial charge in [-0.1, -0.05) is 12.8 Å². The van der Waals surface area contributed by atoms with Crippen LogP contribution in [0.15, 0.2) is 18.3 Å². The first-order valence-corrected chi connectivity index (χ1v) is 6.29. The summed E-state index contributed by atoms with van der Waals surface area (Å²) in [5, 5.41) is 0. The van der Waals surface area contributed by atoms with Gasteiger partial charge < -0.3 is 4.90 Å². The quantitative estimate of drug-likeness (QED) is 0.741. The molecule has 4 heteroatoms. The van der Waals surface area contributed by atoms with E-state index in [1.165, 1.54) is 25.1 Å². The molecule has 1 fully saturated rings. The van der Waals surface area contributed by atoms with Crippen molar-refractivity contribution in [3.05, 3.63) is 24.1 Å². The minimum Gasteiger partial charge on any atom is -0.352 e. The molecule has 1 aromatic rings. The average Bonchev–Trinajstić information content (AvgIpc) is 2.55. The van der Waals surface area contributed by atoms with Crippen LogP contribution >= 0.6 is 11.6 Å². The molecule has 1 aliphatic heterocycles. The summed E-state index contributed by atoms with van der Waals surface area (Å²) in [5.41, 5.74) is 0. The Morgan fingerprint density at radius 2 is 2.25 bits per heavy atom. The van der Waals surface area contributed by atoms with Crippen molar-refractivity contribution in [3.8, 4) is 0 Å². The summed E-state index contributed by atoms with van der Waals surface area (Å²) in [7, 11) is 0. The Labute approximate surface area is 100 Å². The number of hydrogen-bond acceptors (Lipinski definition) is 2. The minimum absolute atomic E-state index is 0.291. The molecule has 0 amide bonds. The predicted octanol–water partition coefficient (Wildman–Crippen LogP) is 3.21. The lowest BCUT2D eigenvalue weighted by Crippen LogP contribution is -2.36. The molecular formula is C12H16ClFN2. The largest absolute Gasteiger partial charge is 0.352 e. The zero-order chi connectivity index (χ0) is 11.4. The third kappa shape index (κ3) is 2.64. The van der Waals surface area contributed by atoms with Crippen molar-refractivity contribution >= 4 is 17.4 Å². The molecule has 1 unspecified atom stereocenters. The normalized spacial score (nSPS) is 21.9. The third-order valence-corrected chi connectivity index (χ3v) is 3.42. The van der Waals surface area contributed by atoms with Gasteiger partial charge in [0, 0.05) is 18.5 Å². The Morgan fingerprint density at radius 3 is 2.94 bits per heavy atom.